The van der Waals surface area contributed by atoms with Gasteiger partial charge in [-0.05, 0) is 23.8 Å². The van der Waals surface area contributed by atoms with Gasteiger partial charge < -0.3 is 9.64 Å². The van der Waals surface area contributed by atoms with Crippen molar-refractivity contribution >= 4 is 23.4 Å². The Bertz CT molecular complexity index is 1070. The topological polar surface area (TPSA) is 66.9 Å². The number of fused-ring (bicyclic) bond motifs is 8. The molecule has 6 heteroatoms. The van der Waals surface area contributed by atoms with Crippen LogP contribution < -0.4 is 9.64 Å². The zero-order valence-electron chi connectivity index (χ0n) is 17.5. The Morgan fingerprint density at radius 3 is 2.13 bits per heavy atom. The number of methoxy groups -OCH3 is 1. The zero-order chi connectivity index (χ0) is 21.4. The van der Waals surface area contributed by atoms with Crippen molar-refractivity contribution in [1.29, 1.82) is 0 Å². The van der Waals surface area contributed by atoms with Crippen LogP contribution in [-0.2, 0) is 14.4 Å². The molecule has 0 spiro atoms. The van der Waals surface area contributed by atoms with Crippen LogP contribution in [0.5, 0.6) is 5.75 Å². The van der Waals surface area contributed by atoms with Gasteiger partial charge in [-0.2, -0.15) is 0 Å². The van der Waals surface area contributed by atoms with Crippen LogP contribution in [0.25, 0.3) is 0 Å². The molecule has 0 aromatic heterocycles. The normalized spacial score (nSPS) is 26.8. The summed E-state index contributed by atoms with van der Waals surface area (Å²) in [5.41, 5.74) is 1.72. The lowest BCUT2D eigenvalue weighted by atomic mass is 9.77. The monoisotopic (exact) mass is 404 g/mol. The van der Waals surface area contributed by atoms with Gasteiger partial charge in [0.05, 0.1) is 36.7 Å². The Morgan fingerprint density at radius 2 is 1.53 bits per heavy atom. The summed E-state index contributed by atoms with van der Waals surface area (Å²) in [4.78, 5) is 43.6. The standard InChI is InChI=1S/C24H24N2O4/c1-24(2,3)23(29)26-19-14-11-8-12-15(30-4)16(14)20(26)18-17(19)21(27)25(22(18)28)13-9-6-5-7-10-13/h5-12,17-20H,1-4H3/t17-,18-,19+,20+/m1/s1. The van der Waals surface area contributed by atoms with E-state index in [9.17, 15) is 14.4 Å². The van der Waals surface area contributed by atoms with Gasteiger partial charge in [0, 0.05) is 11.0 Å². The van der Waals surface area contributed by atoms with E-state index < -0.39 is 29.3 Å². The fraction of sp³-hybridized carbons (Fsp3) is 0.375. The Morgan fingerprint density at radius 1 is 0.900 bits per heavy atom. The molecule has 3 heterocycles. The number of anilines is 1. The van der Waals surface area contributed by atoms with E-state index in [1.54, 1.807) is 24.1 Å². The number of imide groups is 1. The second-order valence-electron chi connectivity index (χ2n) is 9.21. The van der Waals surface area contributed by atoms with Gasteiger partial charge in [-0.15, -0.1) is 0 Å². The second-order valence-corrected chi connectivity index (χ2v) is 9.21. The van der Waals surface area contributed by atoms with E-state index in [1.807, 2.05) is 57.2 Å². The number of ether oxygens (including phenoxy) is 1. The third-order valence-corrected chi connectivity index (χ3v) is 6.50. The van der Waals surface area contributed by atoms with Gasteiger partial charge in [0.2, 0.25) is 17.7 Å². The van der Waals surface area contributed by atoms with Crippen molar-refractivity contribution in [2.75, 3.05) is 12.0 Å². The summed E-state index contributed by atoms with van der Waals surface area (Å²) in [7, 11) is 1.59. The lowest BCUT2D eigenvalue weighted by Crippen LogP contribution is -2.42. The first-order valence-electron chi connectivity index (χ1n) is 10.2. The van der Waals surface area contributed by atoms with Crippen molar-refractivity contribution in [2.24, 2.45) is 17.3 Å². The van der Waals surface area contributed by atoms with Gasteiger partial charge in [-0.1, -0.05) is 51.1 Å². The summed E-state index contributed by atoms with van der Waals surface area (Å²) in [6.07, 6.45) is 0. The van der Waals surface area contributed by atoms with Gasteiger partial charge in [0.25, 0.3) is 0 Å². The predicted octanol–water partition coefficient (Wildman–Crippen LogP) is 3.49. The molecule has 6 nitrogen and oxygen atoms in total. The highest BCUT2D eigenvalue weighted by atomic mass is 16.5. The van der Waals surface area contributed by atoms with E-state index in [0.717, 1.165) is 11.1 Å². The molecule has 0 aliphatic carbocycles. The molecule has 3 amide bonds. The zero-order valence-corrected chi connectivity index (χ0v) is 17.5. The molecular formula is C24H24N2O4. The first-order valence-corrected chi connectivity index (χ1v) is 10.2. The molecule has 2 aromatic rings. The number of hydrogen-bond donors (Lipinski definition) is 0. The van der Waals surface area contributed by atoms with Crippen LogP contribution in [0.2, 0.25) is 0 Å². The van der Waals surface area contributed by atoms with Gasteiger partial charge in [0.15, 0.2) is 0 Å². The molecular weight excluding hydrogens is 380 g/mol. The maximum absolute atomic E-state index is 13.5. The Kier molecular flexibility index (Phi) is 3.88. The number of nitrogens with zero attached hydrogens (tertiary/aromatic N) is 2. The van der Waals surface area contributed by atoms with E-state index in [4.69, 9.17) is 4.74 Å². The average molecular weight is 404 g/mol. The average Bonchev–Trinajstić information content (AvgIpc) is 3.32. The molecule has 0 radical (unpaired) electrons. The van der Waals surface area contributed by atoms with Crippen molar-refractivity contribution in [3.05, 3.63) is 59.7 Å². The van der Waals surface area contributed by atoms with Crippen LogP contribution in [0.15, 0.2) is 48.5 Å². The van der Waals surface area contributed by atoms with Gasteiger partial charge in [0.1, 0.15) is 5.75 Å². The van der Waals surface area contributed by atoms with Crippen molar-refractivity contribution in [1.82, 2.24) is 4.90 Å². The van der Waals surface area contributed by atoms with Crippen LogP contribution >= 0.6 is 0 Å². The van der Waals surface area contributed by atoms with Crippen LogP contribution in [-0.4, -0.2) is 29.7 Å². The van der Waals surface area contributed by atoms with Gasteiger partial charge in [-0.3, -0.25) is 14.4 Å². The fourth-order valence-electron chi connectivity index (χ4n) is 5.34. The third kappa shape index (κ3) is 2.27. The molecule has 3 aliphatic heterocycles. The molecule has 5 rings (SSSR count). The largest absolute Gasteiger partial charge is 0.496 e. The molecule has 0 N–H and O–H groups in total. The molecule has 3 aliphatic rings. The quantitative estimate of drug-likeness (QED) is 0.719. The smallest absolute Gasteiger partial charge is 0.240 e. The number of amides is 3. The number of hydrogen-bond acceptors (Lipinski definition) is 4. The van der Waals surface area contributed by atoms with Crippen LogP contribution in [0.3, 0.4) is 0 Å². The minimum Gasteiger partial charge on any atom is -0.496 e. The first-order chi connectivity index (χ1) is 14.3. The van der Waals surface area contributed by atoms with Crippen molar-refractivity contribution in [3.8, 4) is 5.75 Å². The van der Waals surface area contributed by atoms with Crippen molar-refractivity contribution in [2.45, 2.75) is 32.9 Å². The highest BCUT2D eigenvalue weighted by Gasteiger charge is 2.69. The van der Waals surface area contributed by atoms with Gasteiger partial charge in [-0.25, -0.2) is 4.90 Å². The minimum absolute atomic E-state index is 0.0583. The number of carbonyl (C=O) groups excluding carboxylic acids is 3. The summed E-state index contributed by atoms with van der Waals surface area (Å²) in [6, 6.07) is 13.7. The Labute approximate surface area is 175 Å². The molecule has 4 atom stereocenters. The summed E-state index contributed by atoms with van der Waals surface area (Å²) in [5, 5.41) is 0. The summed E-state index contributed by atoms with van der Waals surface area (Å²) in [5.74, 6) is -1.05. The summed E-state index contributed by atoms with van der Waals surface area (Å²) < 4.78 is 5.60. The number of carbonyl (C=O) groups is 3. The molecule has 154 valence electrons. The van der Waals surface area contributed by atoms with Crippen molar-refractivity contribution < 1.29 is 19.1 Å². The lowest BCUT2D eigenvalue weighted by molar-refractivity contribution is -0.143. The van der Waals surface area contributed by atoms with Gasteiger partial charge >= 0.3 is 0 Å². The molecule has 2 saturated heterocycles. The third-order valence-electron chi connectivity index (χ3n) is 6.50. The fourth-order valence-corrected chi connectivity index (χ4v) is 5.34. The Balaban J connectivity index is 1.68. The molecule has 30 heavy (non-hydrogen) atoms. The van der Waals surface area contributed by atoms with Crippen LogP contribution in [0, 0.1) is 17.3 Å². The molecule has 2 bridgehead atoms. The van der Waals surface area contributed by atoms with E-state index >= 15 is 0 Å². The predicted molar refractivity (Wildman–Crippen MR) is 111 cm³/mol. The maximum Gasteiger partial charge on any atom is 0.240 e. The highest BCUT2D eigenvalue weighted by molar-refractivity contribution is 6.23. The van der Waals surface area contributed by atoms with E-state index in [1.165, 1.54) is 4.90 Å². The molecule has 0 saturated carbocycles. The molecule has 2 aromatic carbocycles. The van der Waals surface area contributed by atoms with Crippen molar-refractivity contribution in [3.63, 3.8) is 0 Å². The SMILES string of the molecule is COc1cccc2c1[C@H]1[C@@H]3C(=O)N(c4ccccc4)C(=O)[C@H]3[C@H]2N1C(=O)C(C)(C)C. The summed E-state index contributed by atoms with van der Waals surface area (Å²) in [6.45, 7) is 5.60. The minimum atomic E-state index is -0.629. The summed E-state index contributed by atoms with van der Waals surface area (Å²) >= 11 is 0. The first kappa shape index (κ1) is 18.9. The highest BCUT2D eigenvalue weighted by Crippen LogP contribution is 2.64. The lowest BCUT2D eigenvalue weighted by Gasteiger charge is -2.32. The number of rotatable bonds is 2. The maximum atomic E-state index is 13.5. The van der Waals surface area contributed by atoms with E-state index in [0.29, 0.717) is 11.4 Å². The van der Waals surface area contributed by atoms with Crippen LogP contribution in [0.4, 0.5) is 5.69 Å². The number of benzene rings is 2. The number of para-hydroxylation sites is 1. The molecule has 2 fully saturated rings. The second kappa shape index (κ2) is 6.17. The van der Waals surface area contributed by atoms with E-state index in [2.05, 4.69) is 0 Å². The van der Waals surface area contributed by atoms with Crippen LogP contribution in [0.1, 0.15) is 44.0 Å². The molecule has 0 unspecified atom stereocenters. The Hall–Kier alpha value is -3.15. The van der Waals surface area contributed by atoms with E-state index in [-0.39, 0.29) is 17.7 Å².